The van der Waals surface area contributed by atoms with Gasteiger partial charge in [-0.15, -0.1) is 5.10 Å². The predicted octanol–water partition coefficient (Wildman–Crippen LogP) is 1.19. The normalized spacial score (nSPS) is 14.4. The van der Waals surface area contributed by atoms with E-state index in [4.69, 9.17) is 11.6 Å². The lowest BCUT2D eigenvalue weighted by Crippen LogP contribution is -2.20. The Labute approximate surface area is 108 Å². The molecule has 0 saturated carbocycles. The summed E-state index contributed by atoms with van der Waals surface area (Å²) < 4.78 is 0. The number of thioether (sulfide) groups is 1. The molecule has 1 rings (SSSR count). The standard InChI is InChI=1S/C10H13ClN2O3S/c1-6(14)17-5-4-8(15)10(16)7-2-3-9(11)13-12-7/h2-3,8,10,15-16H,4-5H2,1H3. The molecule has 17 heavy (non-hydrogen) atoms. The number of carbonyl (C=O) groups is 1. The highest BCUT2D eigenvalue weighted by Gasteiger charge is 2.20. The third-order valence-corrected chi connectivity index (χ3v) is 3.09. The van der Waals surface area contributed by atoms with Crippen molar-refractivity contribution in [3.63, 3.8) is 0 Å². The molecule has 0 aliphatic heterocycles. The number of hydrogen-bond acceptors (Lipinski definition) is 6. The van der Waals surface area contributed by atoms with Crippen molar-refractivity contribution in [2.45, 2.75) is 25.6 Å². The zero-order valence-electron chi connectivity index (χ0n) is 9.21. The van der Waals surface area contributed by atoms with Crippen LogP contribution in [0.25, 0.3) is 0 Å². The quantitative estimate of drug-likeness (QED) is 0.841. The van der Waals surface area contributed by atoms with E-state index in [1.807, 2.05) is 0 Å². The lowest BCUT2D eigenvalue weighted by Gasteiger charge is -2.16. The summed E-state index contributed by atoms with van der Waals surface area (Å²) in [6.45, 7) is 1.46. The van der Waals surface area contributed by atoms with Crippen molar-refractivity contribution in [2.75, 3.05) is 5.75 Å². The molecular weight excluding hydrogens is 264 g/mol. The van der Waals surface area contributed by atoms with Crippen LogP contribution < -0.4 is 0 Å². The maximum Gasteiger partial charge on any atom is 0.185 e. The lowest BCUT2D eigenvalue weighted by atomic mass is 10.1. The fraction of sp³-hybridized carbons (Fsp3) is 0.500. The highest BCUT2D eigenvalue weighted by Crippen LogP contribution is 2.19. The molecule has 5 nitrogen and oxygen atoms in total. The summed E-state index contributed by atoms with van der Waals surface area (Å²) in [5.41, 5.74) is 0.259. The van der Waals surface area contributed by atoms with E-state index in [-0.39, 0.29) is 16.0 Å². The fourth-order valence-corrected chi connectivity index (χ4v) is 1.91. The Morgan fingerprint density at radius 3 is 2.71 bits per heavy atom. The summed E-state index contributed by atoms with van der Waals surface area (Å²) in [7, 11) is 0. The van der Waals surface area contributed by atoms with E-state index in [1.54, 1.807) is 0 Å². The molecule has 2 N–H and O–H groups in total. The number of aromatic nitrogens is 2. The number of nitrogens with zero attached hydrogens (tertiary/aromatic N) is 2. The first-order valence-electron chi connectivity index (χ1n) is 4.99. The van der Waals surface area contributed by atoms with E-state index in [0.717, 1.165) is 11.8 Å². The van der Waals surface area contributed by atoms with Gasteiger partial charge in [-0.2, -0.15) is 5.10 Å². The van der Waals surface area contributed by atoms with E-state index < -0.39 is 12.2 Å². The van der Waals surface area contributed by atoms with Crippen LogP contribution in [0.15, 0.2) is 12.1 Å². The second-order valence-corrected chi connectivity index (χ2v) is 5.08. The number of aliphatic hydroxyl groups excluding tert-OH is 2. The molecule has 2 atom stereocenters. The van der Waals surface area contributed by atoms with E-state index in [9.17, 15) is 15.0 Å². The number of halogens is 1. The molecule has 0 aliphatic carbocycles. The molecule has 94 valence electrons. The van der Waals surface area contributed by atoms with Crippen molar-refractivity contribution in [1.29, 1.82) is 0 Å². The molecule has 0 spiro atoms. The van der Waals surface area contributed by atoms with Gasteiger partial charge in [-0.25, -0.2) is 0 Å². The van der Waals surface area contributed by atoms with Crippen LogP contribution in [0, 0.1) is 0 Å². The summed E-state index contributed by atoms with van der Waals surface area (Å²) >= 11 is 6.66. The zero-order valence-corrected chi connectivity index (χ0v) is 10.8. The minimum Gasteiger partial charge on any atom is -0.390 e. The topological polar surface area (TPSA) is 83.3 Å². The monoisotopic (exact) mass is 276 g/mol. The number of carbonyl (C=O) groups excluding carboxylic acids is 1. The van der Waals surface area contributed by atoms with Crippen LogP contribution in [-0.4, -0.2) is 37.4 Å². The average molecular weight is 277 g/mol. The van der Waals surface area contributed by atoms with Crippen molar-refractivity contribution in [3.8, 4) is 0 Å². The molecule has 0 aliphatic rings. The zero-order chi connectivity index (χ0) is 12.8. The van der Waals surface area contributed by atoms with Crippen LogP contribution in [0.4, 0.5) is 0 Å². The van der Waals surface area contributed by atoms with Crippen LogP contribution in [0.3, 0.4) is 0 Å². The predicted molar refractivity (Wildman–Crippen MR) is 65.8 cm³/mol. The van der Waals surface area contributed by atoms with Gasteiger partial charge in [0.05, 0.1) is 11.8 Å². The van der Waals surface area contributed by atoms with Gasteiger partial charge in [0, 0.05) is 12.7 Å². The van der Waals surface area contributed by atoms with E-state index in [2.05, 4.69) is 10.2 Å². The van der Waals surface area contributed by atoms with Crippen molar-refractivity contribution >= 4 is 28.5 Å². The van der Waals surface area contributed by atoms with Crippen LogP contribution >= 0.6 is 23.4 Å². The maximum absolute atomic E-state index is 10.7. The molecule has 2 unspecified atom stereocenters. The van der Waals surface area contributed by atoms with Crippen LogP contribution in [0.2, 0.25) is 5.15 Å². The van der Waals surface area contributed by atoms with Gasteiger partial charge in [-0.3, -0.25) is 4.79 Å². The number of hydrogen-bond donors (Lipinski definition) is 2. The first-order chi connectivity index (χ1) is 8.00. The molecule has 0 bridgehead atoms. The number of rotatable bonds is 5. The molecule has 0 saturated heterocycles. The van der Waals surface area contributed by atoms with Crippen molar-refractivity contribution in [3.05, 3.63) is 23.0 Å². The Morgan fingerprint density at radius 2 is 2.18 bits per heavy atom. The second kappa shape index (κ2) is 6.90. The first kappa shape index (κ1) is 14.4. The average Bonchev–Trinajstić information content (AvgIpc) is 2.28. The van der Waals surface area contributed by atoms with Gasteiger partial charge in [0.1, 0.15) is 6.10 Å². The largest absolute Gasteiger partial charge is 0.390 e. The van der Waals surface area contributed by atoms with Crippen LogP contribution in [0.5, 0.6) is 0 Å². The van der Waals surface area contributed by atoms with Gasteiger partial charge in [0.2, 0.25) is 0 Å². The van der Waals surface area contributed by atoms with Gasteiger partial charge in [-0.1, -0.05) is 23.4 Å². The Morgan fingerprint density at radius 1 is 1.47 bits per heavy atom. The van der Waals surface area contributed by atoms with E-state index in [0.29, 0.717) is 12.2 Å². The molecular formula is C10H13ClN2O3S. The molecule has 0 amide bonds. The highest BCUT2D eigenvalue weighted by atomic mass is 35.5. The van der Waals surface area contributed by atoms with Crippen LogP contribution in [-0.2, 0) is 4.79 Å². The number of aliphatic hydroxyl groups is 2. The SMILES string of the molecule is CC(=O)SCCC(O)C(O)c1ccc(Cl)nn1. The van der Waals surface area contributed by atoms with E-state index >= 15 is 0 Å². The maximum atomic E-state index is 10.7. The minimum absolute atomic E-state index is 0.0158. The molecule has 0 aromatic carbocycles. The summed E-state index contributed by atoms with van der Waals surface area (Å²) in [5, 5.41) is 26.9. The third-order valence-electron chi connectivity index (χ3n) is 2.04. The summed E-state index contributed by atoms with van der Waals surface area (Å²) in [6.07, 6.45) is -1.79. The highest BCUT2D eigenvalue weighted by molar-refractivity contribution is 8.13. The summed E-state index contributed by atoms with van der Waals surface area (Å²) in [6, 6.07) is 2.99. The molecule has 1 aromatic heterocycles. The second-order valence-electron chi connectivity index (χ2n) is 3.42. The first-order valence-corrected chi connectivity index (χ1v) is 6.35. The minimum atomic E-state index is -1.12. The Bertz CT molecular complexity index is 374. The van der Waals surface area contributed by atoms with Crippen LogP contribution in [0.1, 0.15) is 25.1 Å². The Hall–Kier alpha value is -0.690. The molecule has 0 fully saturated rings. The molecule has 0 radical (unpaired) electrons. The smallest absolute Gasteiger partial charge is 0.185 e. The van der Waals surface area contributed by atoms with Gasteiger partial charge in [-0.05, 0) is 18.6 Å². The fourth-order valence-electron chi connectivity index (χ4n) is 1.16. The van der Waals surface area contributed by atoms with Gasteiger partial charge >= 0.3 is 0 Å². The molecule has 1 heterocycles. The van der Waals surface area contributed by atoms with Crippen molar-refractivity contribution in [1.82, 2.24) is 10.2 Å². The summed E-state index contributed by atoms with van der Waals surface area (Å²) in [4.78, 5) is 10.7. The molecule has 7 heteroatoms. The van der Waals surface area contributed by atoms with Crippen molar-refractivity contribution in [2.24, 2.45) is 0 Å². The Kier molecular flexibility index (Phi) is 5.84. The van der Waals surface area contributed by atoms with Gasteiger partial charge < -0.3 is 10.2 Å². The van der Waals surface area contributed by atoms with Gasteiger partial charge in [0.15, 0.2) is 10.3 Å². The lowest BCUT2D eigenvalue weighted by molar-refractivity contribution is -0.109. The van der Waals surface area contributed by atoms with Crippen molar-refractivity contribution < 1.29 is 15.0 Å². The third kappa shape index (κ3) is 4.99. The summed E-state index contributed by atoms with van der Waals surface area (Å²) in [5.74, 6) is 0.453. The Balaban J connectivity index is 2.48. The molecule has 1 aromatic rings. The van der Waals surface area contributed by atoms with Gasteiger partial charge in [0.25, 0.3) is 0 Å². The van der Waals surface area contributed by atoms with E-state index in [1.165, 1.54) is 19.1 Å².